The zero-order valence-corrected chi connectivity index (χ0v) is 24.0. The molecule has 0 fully saturated rings. The van der Waals surface area contributed by atoms with E-state index in [2.05, 4.69) is 10.6 Å². The Morgan fingerprint density at radius 3 is 2.59 bits per heavy atom. The van der Waals surface area contributed by atoms with E-state index < -0.39 is 11.2 Å². The van der Waals surface area contributed by atoms with Crippen molar-refractivity contribution >= 4 is 57.5 Å². The van der Waals surface area contributed by atoms with Gasteiger partial charge in [-0.2, -0.15) is 0 Å². The number of ether oxygens (including phenoxy) is 1. The summed E-state index contributed by atoms with van der Waals surface area (Å²) < 4.78 is 5.28. The van der Waals surface area contributed by atoms with Gasteiger partial charge in [-0.15, -0.1) is 23.1 Å². The van der Waals surface area contributed by atoms with Crippen molar-refractivity contribution < 1.29 is 23.9 Å². The van der Waals surface area contributed by atoms with Crippen LogP contribution in [-0.4, -0.2) is 47.0 Å². The Hall–Kier alpha value is -3.63. The molecule has 0 saturated heterocycles. The molecule has 2 N–H and O–H groups in total. The molecule has 0 radical (unpaired) electrons. The molecule has 4 rings (SSSR count). The van der Waals surface area contributed by atoms with E-state index in [1.165, 1.54) is 30.0 Å². The lowest BCUT2D eigenvalue weighted by atomic mass is 10.0. The van der Waals surface area contributed by atoms with E-state index in [4.69, 9.17) is 4.74 Å². The average Bonchev–Trinajstić information content (AvgIpc) is 3.26. The van der Waals surface area contributed by atoms with E-state index >= 15 is 0 Å². The third-order valence-electron chi connectivity index (χ3n) is 6.27. The van der Waals surface area contributed by atoms with Crippen LogP contribution < -0.4 is 10.6 Å². The molecule has 3 amide bonds. The molecule has 0 aliphatic carbocycles. The maximum Gasteiger partial charge on any atom is 0.341 e. The number of aryl methyl sites for hydroxylation is 1. The van der Waals surface area contributed by atoms with Gasteiger partial charge in [0.05, 0.1) is 24.0 Å². The number of amides is 3. The van der Waals surface area contributed by atoms with Crippen LogP contribution in [0.15, 0.2) is 53.4 Å². The molecular weight excluding hydrogens is 534 g/mol. The average molecular weight is 566 g/mol. The molecule has 0 spiro atoms. The second kappa shape index (κ2) is 12.5. The molecule has 39 heavy (non-hydrogen) atoms. The minimum absolute atomic E-state index is 0.0281. The normalized spacial score (nSPS) is 13.3. The number of rotatable bonds is 8. The highest BCUT2D eigenvalue weighted by molar-refractivity contribution is 8.00. The summed E-state index contributed by atoms with van der Waals surface area (Å²) in [6.45, 7) is 8.12. The number of esters is 1. The van der Waals surface area contributed by atoms with Gasteiger partial charge in [0.15, 0.2) is 0 Å². The highest BCUT2D eigenvalue weighted by atomic mass is 32.2. The largest absolute Gasteiger partial charge is 0.462 e. The molecule has 204 valence electrons. The van der Waals surface area contributed by atoms with Gasteiger partial charge < -0.3 is 20.3 Å². The van der Waals surface area contributed by atoms with Crippen LogP contribution in [0.2, 0.25) is 0 Å². The fourth-order valence-corrected chi connectivity index (χ4v) is 6.47. The molecule has 1 unspecified atom stereocenters. The van der Waals surface area contributed by atoms with Crippen LogP contribution in [0, 0.1) is 6.92 Å². The smallest absolute Gasteiger partial charge is 0.341 e. The summed E-state index contributed by atoms with van der Waals surface area (Å²) in [5.74, 6) is -0.969. The fraction of sp³-hybridized carbons (Fsp3) is 0.310. The first-order chi connectivity index (χ1) is 18.7. The minimum Gasteiger partial charge on any atom is -0.462 e. The molecular formula is C29H31N3O5S2. The molecule has 1 aromatic heterocycles. The molecule has 3 aromatic rings. The SMILES string of the molecule is CCOC(=O)c1c(NC(=O)C(C)Sc2cccc(NC(=O)c3cccc(C)c3)c2)sc2c1CCN(C(C)=O)C2. The zero-order valence-electron chi connectivity index (χ0n) is 22.3. The lowest BCUT2D eigenvalue weighted by Crippen LogP contribution is -2.34. The first kappa shape index (κ1) is 28.4. The van der Waals surface area contributed by atoms with Crippen LogP contribution in [0.3, 0.4) is 0 Å². The van der Waals surface area contributed by atoms with Gasteiger partial charge in [0, 0.05) is 34.5 Å². The lowest BCUT2D eigenvalue weighted by molar-refractivity contribution is -0.129. The number of carbonyl (C=O) groups is 4. The van der Waals surface area contributed by atoms with Crippen LogP contribution in [-0.2, 0) is 27.3 Å². The summed E-state index contributed by atoms with van der Waals surface area (Å²) in [4.78, 5) is 54.0. The van der Waals surface area contributed by atoms with Gasteiger partial charge in [-0.25, -0.2) is 4.79 Å². The van der Waals surface area contributed by atoms with Crippen molar-refractivity contribution in [3.05, 3.63) is 75.7 Å². The van der Waals surface area contributed by atoms with Crippen molar-refractivity contribution in [1.29, 1.82) is 0 Å². The number of nitrogens with one attached hydrogen (secondary N) is 2. The van der Waals surface area contributed by atoms with Gasteiger partial charge in [-0.1, -0.05) is 23.8 Å². The molecule has 1 atom stereocenters. The summed E-state index contributed by atoms with van der Waals surface area (Å²) >= 11 is 2.66. The first-order valence-electron chi connectivity index (χ1n) is 12.7. The molecule has 0 bridgehead atoms. The van der Waals surface area contributed by atoms with E-state index in [-0.39, 0.29) is 24.3 Å². The van der Waals surface area contributed by atoms with Crippen molar-refractivity contribution in [3.8, 4) is 0 Å². The van der Waals surface area contributed by atoms with Crippen molar-refractivity contribution in [2.75, 3.05) is 23.8 Å². The Kier molecular flexibility index (Phi) is 9.08. The molecule has 1 aliphatic rings. The number of hydrogen-bond donors (Lipinski definition) is 2. The molecule has 2 heterocycles. The van der Waals surface area contributed by atoms with Crippen LogP contribution in [0.4, 0.5) is 10.7 Å². The number of thiophene rings is 1. The summed E-state index contributed by atoms with van der Waals surface area (Å²) in [5, 5.41) is 5.79. The van der Waals surface area contributed by atoms with Crippen LogP contribution in [0.1, 0.15) is 57.5 Å². The number of benzene rings is 2. The number of fused-ring (bicyclic) bond motifs is 1. The van der Waals surface area contributed by atoms with E-state index in [1.54, 1.807) is 30.9 Å². The number of carbonyl (C=O) groups excluding carboxylic acids is 4. The van der Waals surface area contributed by atoms with Gasteiger partial charge in [-0.05, 0) is 63.1 Å². The fourth-order valence-electron chi connectivity index (χ4n) is 4.29. The lowest BCUT2D eigenvalue weighted by Gasteiger charge is -2.25. The van der Waals surface area contributed by atoms with Gasteiger partial charge in [0.2, 0.25) is 11.8 Å². The maximum absolute atomic E-state index is 13.2. The number of anilines is 2. The Morgan fingerprint density at radius 1 is 1.10 bits per heavy atom. The summed E-state index contributed by atoms with van der Waals surface area (Å²) in [6, 6.07) is 14.7. The quantitative estimate of drug-likeness (QED) is 0.276. The maximum atomic E-state index is 13.2. The van der Waals surface area contributed by atoms with Crippen molar-refractivity contribution in [1.82, 2.24) is 4.90 Å². The molecule has 1 aliphatic heterocycles. The number of thioether (sulfide) groups is 1. The summed E-state index contributed by atoms with van der Waals surface area (Å²) in [6.07, 6.45) is 0.529. The topological polar surface area (TPSA) is 105 Å². The first-order valence-corrected chi connectivity index (χ1v) is 14.4. The highest BCUT2D eigenvalue weighted by Gasteiger charge is 2.31. The molecule has 10 heteroatoms. The van der Waals surface area contributed by atoms with Gasteiger partial charge in [-0.3, -0.25) is 14.4 Å². The molecule has 8 nitrogen and oxygen atoms in total. The highest BCUT2D eigenvalue weighted by Crippen LogP contribution is 2.38. The summed E-state index contributed by atoms with van der Waals surface area (Å²) in [5.41, 5.74) is 3.42. The standard InChI is InChI=1S/C29H31N3O5S2/c1-5-37-29(36)25-23-12-13-32(19(4)33)16-24(23)39-28(25)31-26(34)18(3)38-22-11-7-10-21(15-22)30-27(35)20-9-6-8-17(2)14-20/h6-11,14-15,18H,5,12-13,16H2,1-4H3,(H,30,35)(H,31,34). The molecule has 0 saturated carbocycles. The van der Waals surface area contributed by atoms with Crippen LogP contribution >= 0.6 is 23.1 Å². The monoisotopic (exact) mass is 565 g/mol. The van der Waals surface area contributed by atoms with Crippen molar-refractivity contribution in [3.63, 3.8) is 0 Å². The Morgan fingerprint density at radius 2 is 1.87 bits per heavy atom. The summed E-state index contributed by atoms with van der Waals surface area (Å²) in [7, 11) is 0. The third-order valence-corrected chi connectivity index (χ3v) is 8.50. The van der Waals surface area contributed by atoms with Gasteiger partial charge in [0.25, 0.3) is 5.91 Å². The second-order valence-electron chi connectivity index (χ2n) is 9.22. The second-order valence-corrected chi connectivity index (χ2v) is 11.7. The minimum atomic E-state index is -0.490. The number of hydrogen-bond acceptors (Lipinski definition) is 7. The predicted octanol–water partition coefficient (Wildman–Crippen LogP) is 5.51. The van der Waals surface area contributed by atoms with E-state index in [1.807, 2.05) is 43.3 Å². The van der Waals surface area contributed by atoms with E-state index in [0.717, 1.165) is 20.9 Å². The van der Waals surface area contributed by atoms with E-state index in [0.29, 0.717) is 41.3 Å². The van der Waals surface area contributed by atoms with Gasteiger partial charge in [0.1, 0.15) is 5.00 Å². The number of nitrogens with zero attached hydrogens (tertiary/aromatic N) is 1. The Labute approximate surface area is 236 Å². The van der Waals surface area contributed by atoms with Crippen molar-refractivity contribution in [2.45, 2.75) is 50.8 Å². The van der Waals surface area contributed by atoms with Crippen LogP contribution in [0.25, 0.3) is 0 Å². The zero-order chi connectivity index (χ0) is 28.1. The van der Waals surface area contributed by atoms with Crippen molar-refractivity contribution in [2.24, 2.45) is 0 Å². The van der Waals surface area contributed by atoms with Crippen LogP contribution in [0.5, 0.6) is 0 Å². The van der Waals surface area contributed by atoms with Gasteiger partial charge >= 0.3 is 5.97 Å². The predicted molar refractivity (Wildman–Crippen MR) is 155 cm³/mol. The molecule has 2 aromatic carbocycles. The van der Waals surface area contributed by atoms with E-state index in [9.17, 15) is 19.2 Å². The third kappa shape index (κ3) is 6.88. The Balaban J connectivity index is 1.46. The Bertz CT molecular complexity index is 1420.